The highest BCUT2D eigenvalue weighted by Gasteiger charge is 2.17. The van der Waals surface area contributed by atoms with Crippen LogP contribution in [-0.2, 0) is 6.54 Å². The molecule has 7 nitrogen and oxygen atoms in total. The van der Waals surface area contributed by atoms with Gasteiger partial charge in [0.1, 0.15) is 16.1 Å². The molecule has 0 aliphatic rings. The Labute approximate surface area is 153 Å². The molecule has 0 fully saturated rings. The normalized spacial score (nSPS) is 11.2. The molecule has 0 aromatic carbocycles. The van der Waals surface area contributed by atoms with Crippen LogP contribution >= 0.6 is 11.3 Å². The summed E-state index contributed by atoms with van der Waals surface area (Å²) in [5.74, 6) is 5.73. The summed E-state index contributed by atoms with van der Waals surface area (Å²) >= 11 is 1.32. The van der Waals surface area contributed by atoms with Crippen molar-refractivity contribution < 1.29 is 14.3 Å². The average Bonchev–Trinajstić information content (AvgIpc) is 3.20. The van der Waals surface area contributed by atoms with Gasteiger partial charge in [0.15, 0.2) is 11.5 Å². The van der Waals surface area contributed by atoms with Gasteiger partial charge in [-0.1, -0.05) is 5.92 Å². The van der Waals surface area contributed by atoms with Crippen LogP contribution in [0.5, 0.6) is 0 Å². The number of thiophene rings is 1. The highest BCUT2D eigenvalue weighted by molar-refractivity contribution is 7.17. The molecule has 8 heteroatoms. The van der Waals surface area contributed by atoms with E-state index in [2.05, 4.69) is 21.8 Å². The first kappa shape index (κ1) is 17.9. The van der Waals surface area contributed by atoms with Crippen LogP contribution in [0.4, 0.5) is 0 Å². The number of aromatic amines is 1. The number of aromatic nitrogens is 2. The molecular formula is C18H17N3O4S. The Hall–Kier alpha value is -2.89. The lowest BCUT2D eigenvalue weighted by atomic mass is 10.1. The van der Waals surface area contributed by atoms with Crippen molar-refractivity contribution in [2.75, 3.05) is 7.05 Å². The number of hydrogen-bond acceptors (Lipinski definition) is 6. The summed E-state index contributed by atoms with van der Waals surface area (Å²) in [6, 6.07) is 4.85. The first-order chi connectivity index (χ1) is 12.2. The minimum atomic E-state index is -1.15. The molecular weight excluding hydrogens is 354 g/mol. The van der Waals surface area contributed by atoms with Gasteiger partial charge in [-0.05, 0) is 43.3 Å². The number of nitrogens with one attached hydrogen (secondary N) is 1. The summed E-state index contributed by atoms with van der Waals surface area (Å²) in [6.07, 6.45) is 0. The Morgan fingerprint density at radius 2 is 2.19 bits per heavy atom. The van der Waals surface area contributed by atoms with E-state index in [0.29, 0.717) is 16.0 Å². The van der Waals surface area contributed by atoms with Crippen LogP contribution in [-0.4, -0.2) is 38.5 Å². The summed E-state index contributed by atoms with van der Waals surface area (Å²) in [5.41, 5.74) is -0.759. The van der Waals surface area contributed by atoms with Crippen molar-refractivity contribution in [1.29, 1.82) is 0 Å². The van der Waals surface area contributed by atoms with Crippen molar-refractivity contribution in [1.82, 2.24) is 14.9 Å². The highest BCUT2D eigenvalue weighted by Crippen LogP contribution is 2.15. The lowest BCUT2D eigenvalue weighted by Crippen LogP contribution is -2.28. The van der Waals surface area contributed by atoms with Crippen LogP contribution in [0.1, 0.15) is 36.0 Å². The van der Waals surface area contributed by atoms with Crippen molar-refractivity contribution in [2.24, 2.45) is 0 Å². The van der Waals surface area contributed by atoms with Gasteiger partial charge in [0.25, 0.3) is 11.5 Å². The van der Waals surface area contributed by atoms with Crippen LogP contribution in [0.25, 0.3) is 10.2 Å². The van der Waals surface area contributed by atoms with E-state index < -0.39 is 5.60 Å². The molecule has 26 heavy (non-hydrogen) atoms. The fourth-order valence-corrected chi connectivity index (χ4v) is 2.94. The van der Waals surface area contributed by atoms with Gasteiger partial charge in [-0.25, -0.2) is 4.98 Å². The highest BCUT2D eigenvalue weighted by atomic mass is 32.1. The summed E-state index contributed by atoms with van der Waals surface area (Å²) in [7, 11) is 1.59. The molecule has 0 saturated heterocycles. The molecule has 3 rings (SSSR count). The van der Waals surface area contributed by atoms with Crippen LogP contribution in [0.3, 0.4) is 0 Å². The van der Waals surface area contributed by atoms with E-state index in [4.69, 9.17) is 4.42 Å². The van der Waals surface area contributed by atoms with E-state index in [0.717, 1.165) is 0 Å². The zero-order valence-electron chi connectivity index (χ0n) is 14.5. The van der Waals surface area contributed by atoms with Gasteiger partial charge in [-0.15, -0.1) is 11.3 Å². The molecule has 0 bridgehead atoms. The molecule has 0 aliphatic heterocycles. The molecule has 0 unspecified atom stereocenters. The second-order valence-electron chi connectivity index (χ2n) is 6.28. The van der Waals surface area contributed by atoms with E-state index >= 15 is 0 Å². The predicted octanol–water partition coefficient (Wildman–Crippen LogP) is 1.97. The Balaban J connectivity index is 1.76. The largest absolute Gasteiger partial charge is 0.443 e. The number of aliphatic hydroxyl groups is 1. The van der Waals surface area contributed by atoms with Crippen LogP contribution in [0.15, 0.2) is 32.8 Å². The second-order valence-corrected chi connectivity index (χ2v) is 7.20. The van der Waals surface area contributed by atoms with Crippen molar-refractivity contribution in [3.8, 4) is 11.8 Å². The lowest BCUT2D eigenvalue weighted by Gasteiger charge is -2.14. The first-order valence-corrected chi connectivity index (χ1v) is 8.68. The molecule has 3 heterocycles. The molecule has 1 amide bonds. The number of amides is 1. The van der Waals surface area contributed by atoms with E-state index in [-0.39, 0.29) is 29.5 Å². The fraction of sp³-hybridized carbons (Fsp3) is 0.278. The number of hydrogen-bond donors (Lipinski definition) is 2. The molecule has 0 saturated carbocycles. The maximum atomic E-state index is 12.5. The number of carbonyl (C=O) groups excluding carboxylic acids is 1. The molecule has 2 N–H and O–H groups in total. The Bertz CT molecular complexity index is 1080. The van der Waals surface area contributed by atoms with Gasteiger partial charge in [0.2, 0.25) is 0 Å². The number of fused-ring (bicyclic) bond motifs is 1. The van der Waals surface area contributed by atoms with E-state index in [1.54, 1.807) is 38.4 Å². The van der Waals surface area contributed by atoms with Gasteiger partial charge in [0, 0.05) is 7.05 Å². The molecule has 3 aromatic heterocycles. The van der Waals surface area contributed by atoms with Crippen LogP contribution in [0.2, 0.25) is 0 Å². The SMILES string of the molecule is CN(Cc1nc2ccsc2c(=O)[nH]1)C(=O)c1ccc(C#CC(C)(C)O)o1. The van der Waals surface area contributed by atoms with E-state index in [9.17, 15) is 14.7 Å². The third-order valence-corrected chi connectivity index (χ3v) is 4.31. The third kappa shape index (κ3) is 4.02. The van der Waals surface area contributed by atoms with Gasteiger partial charge in [-0.3, -0.25) is 9.59 Å². The van der Waals surface area contributed by atoms with Gasteiger partial charge >= 0.3 is 0 Å². The molecule has 0 aliphatic carbocycles. The standard InChI is InChI=1S/C18H17N3O4S/c1-18(2,24)8-6-11-4-5-13(25-11)17(23)21(3)10-14-19-12-7-9-26-15(12)16(22)20-14/h4-5,7,9,24H,10H2,1-3H3,(H,19,20,22). The minimum Gasteiger partial charge on any atom is -0.443 e. The van der Waals surface area contributed by atoms with Gasteiger partial charge in [0.05, 0.1) is 12.1 Å². The van der Waals surface area contributed by atoms with Gasteiger partial charge < -0.3 is 19.4 Å². The minimum absolute atomic E-state index is 0.117. The molecule has 0 atom stereocenters. The Kier molecular flexibility index (Phi) is 4.68. The fourth-order valence-electron chi connectivity index (χ4n) is 2.22. The quantitative estimate of drug-likeness (QED) is 0.686. The van der Waals surface area contributed by atoms with Crippen LogP contribution < -0.4 is 5.56 Å². The lowest BCUT2D eigenvalue weighted by molar-refractivity contribution is 0.0749. The van der Waals surface area contributed by atoms with E-state index in [1.165, 1.54) is 22.3 Å². The Morgan fingerprint density at radius 3 is 2.92 bits per heavy atom. The molecule has 134 valence electrons. The third-order valence-electron chi connectivity index (χ3n) is 3.41. The average molecular weight is 371 g/mol. The van der Waals surface area contributed by atoms with Crippen molar-refractivity contribution in [2.45, 2.75) is 26.0 Å². The summed E-state index contributed by atoms with van der Waals surface area (Å²) < 4.78 is 5.97. The number of H-pyrrole nitrogens is 1. The Morgan fingerprint density at radius 1 is 1.42 bits per heavy atom. The summed E-state index contributed by atoms with van der Waals surface area (Å²) in [6.45, 7) is 3.24. The second kappa shape index (κ2) is 6.78. The molecule has 0 spiro atoms. The first-order valence-electron chi connectivity index (χ1n) is 7.80. The number of carbonyl (C=O) groups is 1. The number of furan rings is 1. The maximum absolute atomic E-state index is 12.5. The zero-order chi connectivity index (χ0) is 18.9. The predicted molar refractivity (Wildman–Crippen MR) is 97.9 cm³/mol. The van der Waals surface area contributed by atoms with Crippen molar-refractivity contribution in [3.63, 3.8) is 0 Å². The topological polar surface area (TPSA) is 99.4 Å². The summed E-state index contributed by atoms with van der Waals surface area (Å²) in [5, 5.41) is 11.4. The molecule has 0 radical (unpaired) electrons. The number of rotatable bonds is 3. The number of nitrogens with zero attached hydrogens (tertiary/aromatic N) is 2. The van der Waals surface area contributed by atoms with Crippen molar-refractivity contribution in [3.05, 3.63) is 51.3 Å². The summed E-state index contributed by atoms with van der Waals surface area (Å²) in [4.78, 5) is 32.9. The van der Waals surface area contributed by atoms with Crippen LogP contribution in [0, 0.1) is 11.8 Å². The maximum Gasteiger partial charge on any atom is 0.289 e. The van der Waals surface area contributed by atoms with E-state index in [1.807, 2.05) is 0 Å². The smallest absolute Gasteiger partial charge is 0.289 e. The van der Waals surface area contributed by atoms with Gasteiger partial charge in [-0.2, -0.15) is 0 Å². The monoisotopic (exact) mass is 371 g/mol. The van der Waals surface area contributed by atoms with Crippen molar-refractivity contribution >= 4 is 27.5 Å². The zero-order valence-corrected chi connectivity index (χ0v) is 15.3. The molecule has 3 aromatic rings.